The first kappa shape index (κ1) is 15.5. The molecule has 2 rings (SSSR count). The molecule has 0 spiro atoms. The van der Waals surface area contributed by atoms with Crippen molar-refractivity contribution in [1.29, 1.82) is 0 Å². The zero-order chi connectivity index (χ0) is 14.5. The molecule has 0 aromatic carbocycles. The van der Waals surface area contributed by atoms with Gasteiger partial charge in [-0.3, -0.25) is 9.58 Å². The van der Waals surface area contributed by atoms with E-state index >= 15 is 0 Å². The number of aromatic nitrogens is 2. The first-order valence-corrected chi connectivity index (χ1v) is 7.66. The molecule has 1 aliphatic heterocycles. The minimum absolute atomic E-state index is 0.256. The summed E-state index contributed by atoms with van der Waals surface area (Å²) in [6.07, 6.45) is 5.27. The molecule has 2 heterocycles. The summed E-state index contributed by atoms with van der Waals surface area (Å²) < 4.78 is 7.88. The third-order valence-electron chi connectivity index (χ3n) is 3.98. The van der Waals surface area contributed by atoms with Crippen LogP contribution in [0.2, 0.25) is 0 Å². The van der Waals surface area contributed by atoms with E-state index in [0.717, 1.165) is 32.7 Å². The Balaban J connectivity index is 1.99. The van der Waals surface area contributed by atoms with Crippen molar-refractivity contribution in [2.24, 2.45) is 7.05 Å². The van der Waals surface area contributed by atoms with Crippen LogP contribution < -0.4 is 5.32 Å². The lowest BCUT2D eigenvalue weighted by Crippen LogP contribution is -2.54. The molecule has 1 aromatic heterocycles. The highest BCUT2D eigenvalue weighted by Gasteiger charge is 2.29. The number of nitrogens with one attached hydrogen (secondary N) is 1. The molecule has 2 atom stereocenters. The number of hydrogen-bond acceptors (Lipinski definition) is 4. The van der Waals surface area contributed by atoms with Crippen LogP contribution in [0.25, 0.3) is 0 Å². The third kappa shape index (κ3) is 4.04. The smallest absolute Gasteiger partial charge is 0.0858 e. The Bertz CT molecular complexity index is 404. The molecular formula is C15H28N4O. The van der Waals surface area contributed by atoms with Gasteiger partial charge in [-0.15, -0.1) is 0 Å². The fourth-order valence-corrected chi connectivity index (χ4v) is 2.84. The van der Waals surface area contributed by atoms with Gasteiger partial charge in [0.25, 0.3) is 0 Å². The minimum atomic E-state index is 0.256. The van der Waals surface area contributed by atoms with E-state index in [1.807, 2.05) is 17.9 Å². The summed E-state index contributed by atoms with van der Waals surface area (Å²) in [6, 6.07) is 0.938. The Labute approximate surface area is 122 Å². The van der Waals surface area contributed by atoms with Gasteiger partial charge < -0.3 is 10.1 Å². The second-order valence-electron chi connectivity index (χ2n) is 5.89. The Morgan fingerprint density at radius 2 is 2.30 bits per heavy atom. The van der Waals surface area contributed by atoms with Crippen molar-refractivity contribution in [2.45, 2.75) is 45.4 Å². The molecular weight excluding hydrogens is 252 g/mol. The molecule has 1 aliphatic rings. The summed E-state index contributed by atoms with van der Waals surface area (Å²) >= 11 is 0. The van der Waals surface area contributed by atoms with E-state index in [4.69, 9.17) is 4.74 Å². The van der Waals surface area contributed by atoms with Gasteiger partial charge in [-0.05, 0) is 32.4 Å². The normalized spacial score (nSPS) is 22.4. The Kier molecular flexibility index (Phi) is 5.57. The number of morpholine rings is 1. The third-order valence-corrected chi connectivity index (χ3v) is 3.98. The zero-order valence-corrected chi connectivity index (χ0v) is 13.2. The summed E-state index contributed by atoms with van der Waals surface area (Å²) in [4.78, 5) is 2.50. The first-order valence-electron chi connectivity index (χ1n) is 7.66. The quantitative estimate of drug-likeness (QED) is 0.846. The van der Waals surface area contributed by atoms with Crippen molar-refractivity contribution >= 4 is 0 Å². The highest BCUT2D eigenvalue weighted by molar-refractivity contribution is 5.07. The Morgan fingerprint density at radius 1 is 1.50 bits per heavy atom. The van der Waals surface area contributed by atoms with E-state index in [-0.39, 0.29) is 6.10 Å². The van der Waals surface area contributed by atoms with Crippen molar-refractivity contribution in [1.82, 2.24) is 20.0 Å². The van der Waals surface area contributed by atoms with E-state index in [1.54, 1.807) is 0 Å². The maximum Gasteiger partial charge on any atom is 0.0858 e. The monoisotopic (exact) mass is 280 g/mol. The second-order valence-corrected chi connectivity index (χ2v) is 5.89. The van der Waals surface area contributed by atoms with Crippen LogP contribution in [0.4, 0.5) is 0 Å². The molecule has 5 nitrogen and oxygen atoms in total. The highest BCUT2D eigenvalue weighted by Crippen LogP contribution is 2.15. The summed E-state index contributed by atoms with van der Waals surface area (Å²) in [5.74, 6) is 0. The van der Waals surface area contributed by atoms with Crippen LogP contribution in [0, 0.1) is 0 Å². The number of nitrogens with zero attached hydrogens (tertiary/aromatic N) is 3. The van der Waals surface area contributed by atoms with Crippen LogP contribution in [-0.4, -0.2) is 59.1 Å². The zero-order valence-electron chi connectivity index (χ0n) is 13.2. The van der Waals surface area contributed by atoms with Gasteiger partial charge in [0.15, 0.2) is 0 Å². The van der Waals surface area contributed by atoms with Gasteiger partial charge in [0.1, 0.15) is 0 Å². The van der Waals surface area contributed by atoms with Crippen LogP contribution >= 0.6 is 0 Å². The number of hydrogen-bond donors (Lipinski definition) is 1. The molecule has 1 aromatic rings. The maximum absolute atomic E-state index is 6.02. The number of ether oxygens (including phenoxy) is 1. The fourth-order valence-electron chi connectivity index (χ4n) is 2.84. The lowest BCUT2D eigenvalue weighted by molar-refractivity contribution is -0.0550. The Hall–Kier alpha value is -0.910. The van der Waals surface area contributed by atoms with Gasteiger partial charge in [-0.2, -0.15) is 5.10 Å². The lowest BCUT2D eigenvalue weighted by Gasteiger charge is -2.39. The van der Waals surface area contributed by atoms with Gasteiger partial charge in [-0.1, -0.05) is 6.92 Å². The summed E-state index contributed by atoms with van der Waals surface area (Å²) in [6.45, 7) is 10.5. The van der Waals surface area contributed by atoms with E-state index in [9.17, 15) is 0 Å². The molecule has 0 saturated carbocycles. The van der Waals surface area contributed by atoms with Gasteiger partial charge in [-0.25, -0.2) is 0 Å². The van der Waals surface area contributed by atoms with Crippen molar-refractivity contribution in [3.63, 3.8) is 0 Å². The average molecular weight is 280 g/mol. The van der Waals surface area contributed by atoms with Gasteiger partial charge >= 0.3 is 0 Å². The summed E-state index contributed by atoms with van der Waals surface area (Å²) in [5.41, 5.74) is 1.27. The molecule has 0 aliphatic carbocycles. The van der Waals surface area contributed by atoms with Gasteiger partial charge in [0.05, 0.1) is 18.9 Å². The lowest BCUT2D eigenvalue weighted by atomic mass is 10.0. The predicted molar refractivity (Wildman–Crippen MR) is 80.8 cm³/mol. The van der Waals surface area contributed by atoms with E-state index in [1.165, 1.54) is 5.56 Å². The molecule has 1 N–H and O–H groups in total. The van der Waals surface area contributed by atoms with Crippen LogP contribution in [0.3, 0.4) is 0 Å². The first-order chi connectivity index (χ1) is 9.60. The Morgan fingerprint density at radius 3 is 2.90 bits per heavy atom. The van der Waals surface area contributed by atoms with Gasteiger partial charge in [0.2, 0.25) is 0 Å². The summed E-state index contributed by atoms with van der Waals surface area (Å²) in [5, 5.41) is 7.84. The predicted octanol–water partition coefficient (Wildman–Crippen LogP) is 1.05. The van der Waals surface area contributed by atoms with E-state index in [0.29, 0.717) is 12.1 Å². The number of likely N-dealkylation sites (N-methyl/N-ethyl adjacent to an activating group) is 1. The molecule has 5 heteroatoms. The topological polar surface area (TPSA) is 42.3 Å². The summed E-state index contributed by atoms with van der Waals surface area (Å²) in [7, 11) is 1.96. The fraction of sp³-hybridized carbons (Fsp3) is 0.800. The van der Waals surface area contributed by atoms with Crippen LogP contribution in [0.15, 0.2) is 12.4 Å². The highest BCUT2D eigenvalue weighted by atomic mass is 16.5. The number of rotatable bonds is 6. The van der Waals surface area contributed by atoms with Crippen LogP contribution in [-0.2, 0) is 18.2 Å². The molecule has 1 saturated heterocycles. The minimum Gasteiger partial charge on any atom is -0.374 e. The molecule has 20 heavy (non-hydrogen) atoms. The van der Waals surface area contributed by atoms with Crippen LogP contribution in [0.1, 0.15) is 26.3 Å². The van der Waals surface area contributed by atoms with Crippen molar-refractivity contribution < 1.29 is 4.74 Å². The van der Waals surface area contributed by atoms with Gasteiger partial charge in [0, 0.05) is 38.4 Å². The molecule has 0 amide bonds. The largest absolute Gasteiger partial charge is 0.374 e. The maximum atomic E-state index is 6.02. The molecule has 114 valence electrons. The van der Waals surface area contributed by atoms with E-state index in [2.05, 4.69) is 42.3 Å². The standard InChI is InChI=1S/C15H28N4O/c1-5-16-14(8-13-9-17-18(4)10-13)15-11-19(12(2)3)6-7-20-15/h9-10,12,14-16H,5-8,11H2,1-4H3. The molecule has 2 unspecified atom stereocenters. The second kappa shape index (κ2) is 7.20. The van der Waals surface area contributed by atoms with Crippen molar-refractivity contribution in [2.75, 3.05) is 26.2 Å². The molecule has 0 radical (unpaired) electrons. The van der Waals surface area contributed by atoms with Crippen molar-refractivity contribution in [3.05, 3.63) is 18.0 Å². The van der Waals surface area contributed by atoms with E-state index < -0.39 is 0 Å². The number of aryl methyl sites for hydroxylation is 1. The van der Waals surface area contributed by atoms with Crippen LogP contribution in [0.5, 0.6) is 0 Å². The molecule has 1 fully saturated rings. The van der Waals surface area contributed by atoms with Crippen molar-refractivity contribution in [3.8, 4) is 0 Å². The average Bonchev–Trinajstić information content (AvgIpc) is 2.84. The SMILES string of the molecule is CCNC(Cc1cnn(C)c1)C1CN(C(C)C)CCO1. The molecule has 0 bridgehead atoms.